The average molecular weight is 446 g/mol. The van der Waals surface area contributed by atoms with Crippen LogP contribution in [0.5, 0.6) is 0 Å². The predicted molar refractivity (Wildman–Crippen MR) is 133 cm³/mol. The highest BCUT2D eigenvalue weighted by Crippen LogP contribution is 2.27. The van der Waals surface area contributed by atoms with E-state index in [9.17, 15) is 4.79 Å². The first-order valence-electron chi connectivity index (χ1n) is 10.4. The molecule has 4 rings (SSSR count). The Bertz CT molecular complexity index is 1290. The molecule has 0 atom stereocenters. The quantitative estimate of drug-likeness (QED) is 0.410. The summed E-state index contributed by atoms with van der Waals surface area (Å²) in [6, 6.07) is 16.1. The van der Waals surface area contributed by atoms with Gasteiger partial charge in [0, 0.05) is 35.8 Å². The Kier molecular flexibility index (Phi) is 6.19. The minimum atomic E-state index is -0.120. The average Bonchev–Trinajstić information content (AvgIpc) is 3.20. The molecule has 0 aliphatic carbocycles. The SMILES string of the molecule is CSc1cc(C(=O)NCc2nc3nc(-c4cc(N(C)C)ccc4C)ccc3[nH]2)ccc1C. The van der Waals surface area contributed by atoms with Crippen LogP contribution in [-0.2, 0) is 6.54 Å². The summed E-state index contributed by atoms with van der Waals surface area (Å²) in [5.41, 5.74) is 7.55. The number of carbonyl (C=O) groups excluding carboxylic acids is 1. The molecule has 0 unspecified atom stereocenters. The minimum Gasteiger partial charge on any atom is -0.378 e. The van der Waals surface area contributed by atoms with Crippen LogP contribution in [0.3, 0.4) is 0 Å². The highest BCUT2D eigenvalue weighted by Gasteiger charge is 2.12. The van der Waals surface area contributed by atoms with E-state index in [2.05, 4.69) is 45.3 Å². The van der Waals surface area contributed by atoms with Gasteiger partial charge in [-0.05, 0) is 67.6 Å². The van der Waals surface area contributed by atoms with Crippen LogP contribution < -0.4 is 10.2 Å². The van der Waals surface area contributed by atoms with Gasteiger partial charge in [0.05, 0.1) is 17.8 Å². The lowest BCUT2D eigenvalue weighted by molar-refractivity contribution is 0.0949. The fourth-order valence-electron chi connectivity index (χ4n) is 3.57. The Morgan fingerprint density at radius 3 is 2.56 bits per heavy atom. The Balaban J connectivity index is 1.54. The minimum absolute atomic E-state index is 0.120. The van der Waals surface area contributed by atoms with Crippen LogP contribution in [0.2, 0.25) is 0 Å². The molecule has 32 heavy (non-hydrogen) atoms. The molecular weight excluding hydrogens is 418 g/mol. The number of carbonyl (C=O) groups is 1. The molecule has 0 saturated heterocycles. The van der Waals surface area contributed by atoms with Gasteiger partial charge in [0.25, 0.3) is 5.91 Å². The summed E-state index contributed by atoms with van der Waals surface area (Å²) in [6.45, 7) is 4.43. The van der Waals surface area contributed by atoms with Crippen molar-refractivity contribution in [1.82, 2.24) is 20.3 Å². The summed E-state index contributed by atoms with van der Waals surface area (Å²) >= 11 is 1.64. The lowest BCUT2D eigenvalue weighted by Gasteiger charge is -2.15. The molecule has 0 saturated carbocycles. The molecule has 7 heteroatoms. The molecule has 2 aromatic heterocycles. The van der Waals surface area contributed by atoms with Gasteiger partial charge in [0.1, 0.15) is 5.82 Å². The highest BCUT2D eigenvalue weighted by molar-refractivity contribution is 7.98. The maximum atomic E-state index is 12.6. The number of rotatable bonds is 6. The van der Waals surface area contributed by atoms with Crippen molar-refractivity contribution in [2.75, 3.05) is 25.3 Å². The second kappa shape index (κ2) is 9.04. The third kappa shape index (κ3) is 4.48. The van der Waals surface area contributed by atoms with E-state index in [-0.39, 0.29) is 5.91 Å². The normalized spacial score (nSPS) is 11.0. The van der Waals surface area contributed by atoms with Crippen molar-refractivity contribution in [3.63, 3.8) is 0 Å². The van der Waals surface area contributed by atoms with Crippen LogP contribution >= 0.6 is 11.8 Å². The van der Waals surface area contributed by atoms with Gasteiger partial charge in [-0.25, -0.2) is 9.97 Å². The largest absolute Gasteiger partial charge is 0.378 e. The first kappa shape index (κ1) is 21.9. The standard InChI is InChI=1S/C25H27N5OS/c1-15-7-9-18(30(3)4)13-19(15)20-10-11-21-24(28-20)29-23(27-21)14-26-25(31)17-8-6-16(2)22(12-17)32-5/h6-13H,14H2,1-5H3,(H,26,31)(H,27,28,29). The zero-order chi connectivity index (χ0) is 22.8. The van der Waals surface area contributed by atoms with Gasteiger partial charge < -0.3 is 15.2 Å². The van der Waals surface area contributed by atoms with Crippen molar-refractivity contribution >= 4 is 34.5 Å². The van der Waals surface area contributed by atoms with Gasteiger partial charge in [-0.2, -0.15) is 0 Å². The van der Waals surface area contributed by atoms with E-state index in [0.29, 0.717) is 23.6 Å². The Hall–Kier alpha value is -3.32. The zero-order valence-electron chi connectivity index (χ0n) is 19.0. The number of H-pyrrole nitrogens is 1. The number of aromatic amines is 1. The number of benzene rings is 2. The van der Waals surface area contributed by atoms with E-state index in [0.717, 1.165) is 32.9 Å². The Labute approximate surface area is 192 Å². The van der Waals surface area contributed by atoms with Gasteiger partial charge in [0.15, 0.2) is 5.65 Å². The van der Waals surface area contributed by atoms with E-state index in [1.54, 1.807) is 11.8 Å². The second-order valence-electron chi connectivity index (χ2n) is 8.01. The number of imidazole rings is 1. The predicted octanol–water partition coefficient (Wildman–Crippen LogP) is 4.96. The lowest BCUT2D eigenvalue weighted by atomic mass is 10.0. The summed E-state index contributed by atoms with van der Waals surface area (Å²) in [6.07, 6.45) is 2.01. The number of nitrogens with one attached hydrogen (secondary N) is 2. The van der Waals surface area contributed by atoms with E-state index >= 15 is 0 Å². The molecule has 4 aromatic rings. The summed E-state index contributed by atoms with van der Waals surface area (Å²) in [5.74, 6) is 0.555. The van der Waals surface area contributed by atoms with E-state index < -0.39 is 0 Å². The molecule has 0 radical (unpaired) electrons. The van der Waals surface area contributed by atoms with E-state index in [1.165, 1.54) is 5.56 Å². The number of aryl methyl sites for hydroxylation is 2. The van der Waals surface area contributed by atoms with Crippen LogP contribution in [0.25, 0.3) is 22.4 Å². The first-order chi connectivity index (χ1) is 15.4. The zero-order valence-corrected chi connectivity index (χ0v) is 19.8. The van der Waals surface area contributed by atoms with Crippen LogP contribution in [-0.4, -0.2) is 41.2 Å². The molecule has 2 aromatic carbocycles. The number of hydrogen-bond donors (Lipinski definition) is 2. The number of hydrogen-bond acceptors (Lipinski definition) is 5. The number of fused-ring (bicyclic) bond motifs is 1. The van der Waals surface area contributed by atoms with E-state index in [4.69, 9.17) is 4.98 Å². The fourth-order valence-corrected chi connectivity index (χ4v) is 4.20. The number of thioether (sulfide) groups is 1. The molecule has 6 nitrogen and oxygen atoms in total. The van der Waals surface area contributed by atoms with Crippen LogP contribution in [0.4, 0.5) is 5.69 Å². The van der Waals surface area contributed by atoms with Gasteiger partial charge >= 0.3 is 0 Å². The van der Waals surface area contributed by atoms with Crippen LogP contribution in [0.1, 0.15) is 27.3 Å². The van der Waals surface area contributed by atoms with Crippen molar-refractivity contribution in [2.24, 2.45) is 0 Å². The number of nitrogens with zero attached hydrogens (tertiary/aromatic N) is 3. The Morgan fingerprint density at radius 2 is 1.81 bits per heavy atom. The van der Waals surface area contributed by atoms with Gasteiger partial charge in [-0.3, -0.25) is 4.79 Å². The van der Waals surface area contributed by atoms with Crippen molar-refractivity contribution < 1.29 is 4.79 Å². The molecular formula is C25H27N5OS. The third-order valence-corrected chi connectivity index (χ3v) is 6.37. The molecule has 0 bridgehead atoms. The third-order valence-electron chi connectivity index (χ3n) is 5.50. The smallest absolute Gasteiger partial charge is 0.251 e. The maximum absolute atomic E-state index is 12.6. The van der Waals surface area contributed by atoms with Crippen molar-refractivity contribution in [1.29, 1.82) is 0 Å². The summed E-state index contributed by atoms with van der Waals surface area (Å²) in [7, 11) is 4.05. The molecule has 0 spiro atoms. The van der Waals surface area contributed by atoms with Crippen LogP contribution in [0.15, 0.2) is 53.4 Å². The molecule has 2 heterocycles. The Morgan fingerprint density at radius 1 is 1.03 bits per heavy atom. The van der Waals surface area contributed by atoms with Crippen molar-refractivity contribution in [2.45, 2.75) is 25.3 Å². The number of amides is 1. The van der Waals surface area contributed by atoms with Gasteiger partial charge in [0.2, 0.25) is 0 Å². The number of pyridine rings is 1. The monoisotopic (exact) mass is 445 g/mol. The summed E-state index contributed by atoms with van der Waals surface area (Å²) in [4.78, 5) is 28.4. The highest BCUT2D eigenvalue weighted by atomic mass is 32.2. The molecule has 0 aliphatic rings. The second-order valence-corrected chi connectivity index (χ2v) is 8.86. The lowest BCUT2D eigenvalue weighted by Crippen LogP contribution is -2.23. The van der Waals surface area contributed by atoms with Gasteiger partial charge in [-0.1, -0.05) is 12.1 Å². The number of aromatic nitrogens is 3. The topological polar surface area (TPSA) is 73.9 Å². The van der Waals surface area contributed by atoms with Crippen LogP contribution in [0, 0.1) is 13.8 Å². The molecule has 2 N–H and O–H groups in total. The first-order valence-corrected chi connectivity index (χ1v) is 11.6. The molecule has 0 fully saturated rings. The van der Waals surface area contributed by atoms with Crippen molar-refractivity contribution in [3.05, 3.63) is 71.0 Å². The molecule has 1 amide bonds. The summed E-state index contributed by atoms with van der Waals surface area (Å²) < 4.78 is 0. The molecule has 164 valence electrons. The molecule has 0 aliphatic heterocycles. The number of anilines is 1. The van der Waals surface area contributed by atoms with E-state index in [1.807, 2.05) is 57.6 Å². The maximum Gasteiger partial charge on any atom is 0.251 e. The fraction of sp³-hybridized carbons (Fsp3) is 0.240. The summed E-state index contributed by atoms with van der Waals surface area (Å²) in [5, 5.41) is 2.95. The van der Waals surface area contributed by atoms with Crippen molar-refractivity contribution in [3.8, 4) is 11.3 Å². The van der Waals surface area contributed by atoms with Gasteiger partial charge in [-0.15, -0.1) is 11.8 Å².